The van der Waals surface area contributed by atoms with Crippen LogP contribution in [0.15, 0.2) is 29.2 Å². The minimum Gasteiger partial charge on any atom is -0.343 e. The minimum absolute atomic E-state index is 0.103. The van der Waals surface area contributed by atoms with Crippen LogP contribution in [0.2, 0.25) is 0 Å². The smallest absolute Gasteiger partial charge is 0.270 e. The van der Waals surface area contributed by atoms with Gasteiger partial charge >= 0.3 is 0 Å². The quantitative estimate of drug-likeness (QED) is 0.871. The van der Waals surface area contributed by atoms with Crippen molar-refractivity contribution in [1.82, 2.24) is 9.47 Å². The number of rotatable bonds is 4. The van der Waals surface area contributed by atoms with E-state index in [2.05, 4.69) is 4.72 Å². The Labute approximate surface area is 161 Å². The molecule has 0 atom stereocenters. The molecule has 0 aliphatic carbocycles. The lowest BCUT2D eigenvalue weighted by Gasteiger charge is -2.26. The number of piperidine rings is 1. The molecule has 3 rings (SSSR count). The Morgan fingerprint density at radius 2 is 1.70 bits per heavy atom. The Bertz CT molecular complexity index is 971. The molecular weight excluding hydrogens is 362 g/mol. The zero-order valence-electron chi connectivity index (χ0n) is 16.4. The van der Waals surface area contributed by atoms with Crippen molar-refractivity contribution < 1.29 is 13.2 Å². The van der Waals surface area contributed by atoms with Crippen LogP contribution in [0, 0.1) is 20.8 Å². The standard InChI is InChI=1S/C20H27N3O3S/c1-14-8-9-15(2)17(12-14)21-27(25,26)19-13-18(22(4)16(19)3)20(24)23-10-6-5-7-11-23/h8-9,12-13,21H,5-7,10-11H2,1-4H3. The fourth-order valence-electron chi connectivity index (χ4n) is 3.45. The van der Waals surface area contributed by atoms with Crippen molar-refractivity contribution in [3.8, 4) is 0 Å². The van der Waals surface area contributed by atoms with E-state index in [0.29, 0.717) is 17.1 Å². The fourth-order valence-corrected chi connectivity index (χ4v) is 4.87. The molecule has 6 nitrogen and oxygen atoms in total. The number of aromatic nitrogens is 1. The Kier molecular flexibility index (Phi) is 5.33. The van der Waals surface area contributed by atoms with Crippen LogP contribution in [0.25, 0.3) is 0 Å². The normalized spacial score (nSPS) is 15.0. The lowest BCUT2D eigenvalue weighted by atomic mass is 10.1. The third-order valence-electron chi connectivity index (χ3n) is 5.28. The number of anilines is 1. The van der Waals surface area contributed by atoms with Crippen LogP contribution in [0.3, 0.4) is 0 Å². The highest BCUT2D eigenvalue weighted by molar-refractivity contribution is 7.92. The van der Waals surface area contributed by atoms with E-state index in [-0.39, 0.29) is 10.8 Å². The molecule has 1 fully saturated rings. The second-order valence-electron chi connectivity index (χ2n) is 7.31. The average molecular weight is 390 g/mol. The van der Waals surface area contributed by atoms with Gasteiger partial charge in [0.1, 0.15) is 10.6 Å². The molecule has 1 N–H and O–H groups in total. The predicted molar refractivity (Wildman–Crippen MR) is 107 cm³/mol. The van der Waals surface area contributed by atoms with E-state index in [4.69, 9.17) is 0 Å². The maximum absolute atomic E-state index is 13.0. The van der Waals surface area contributed by atoms with Gasteiger partial charge in [-0.2, -0.15) is 0 Å². The van der Waals surface area contributed by atoms with Crippen molar-refractivity contribution in [2.45, 2.75) is 44.9 Å². The third kappa shape index (κ3) is 3.88. The summed E-state index contributed by atoms with van der Waals surface area (Å²) in [6, 6.07) is 7.14. The van der Waals surface area contributed by atoms with Crippen molar-refractivity contribution in [2.24, 2.45) is 7.05 Å². The van der Waals surface area contributed by atoms with Gasteiger partial charge in [-0.05, 0) is 63.3 Å². The zero-order valence-corrected chi connectivity index (χ0v) is 17.2. The third-order valence-corrected chi connectivity index (χ3v) is 6.76. The van der Waals surface area contributed by atoms with E-state index in [1.54, 1.807) is 18.5 Å². The van der Waals surface area contributed by atoms with Crippen molar-refractivity contribution in [2.75, 3.05) is 17.8 Å². The molecule has 2 heterocycles. The summed E-state index contributed by atoms with van der Waals surface area (Å²) >= 11 is 0. The van der Waals surface area contributed by atoms with Gasteiger partial charge in [-0.25, -0.2) is 8.42 Å². The molecule has 1 amide bonds. The number of likely N-dealkylation sites (tertiary alicyclic amines) is 1. The number of carbonyl (C=O) groups excluding carboxylic acids is 1. The van der Waals surface area contributed by atoms with E-state index in [1.807, 2.05) is 36.9 Å². The van der Waals surface area contributed by atoms with Gasteiger partial charge in [0.2, 0.25) is 0 Å². The first-order chi connectivity index (χ1) is 12.7. The average Bonchev–Trinajstić information content (AvgIpc) is 2.94. The molecule has 0 bridgehead atoms. The topological polar surface area (TPSA) is 71.4 Å². The van der Waals surface area contributed by atoms with Crippen LogP contribution >= 0.6 is 0 Å². The Morgan fingerprint density at radius 3 is 2.37 bits per heavy atom. The molecule has 27 heavy (non-hydrogen) atoms. The number of benzene rings is 1. The highest BCUT2D eigenvalue weighted by Crippen LogP contribution is 2.26. The summed E-state index contributed by atoms with van der Waals surface area (Å²) in [4.78, 5) is 14.8. The van der Waals surface area contributed by atoms with E-state index >= 15 is 0 Å². The summed E-state index contributed by atoms with van der Waals surface area (Å²) < 4.78 is 30.4. The largest absolute Gasteiger partial charge is 0.343 e. The molecule has 1 saturated heterocycles. The van der Waals surface area contributed by atoms with Crippen LogP contribution in [-0.4, -0.2) is 36.9 Å². The SMILES string of the molecule is Cc1ccc(C)c(NS(=O)(=O)c2cc(C(=O)N3CCCCC3)n(C)c2C)c1. The van der Waals surface area contributed by atoms with Gasteiger partial charge in [0.25, 0.3) is 15.9 Å². The Morgan fingerprint density at radius 1 is 1.04 bits per heavy atom. The van der Waals surface area contributed by atoms with Crippen LogP contribution < -0.4 is 4.72 Å². The van der Waals surface area contributed by atoms with Crippen molar-refractivity contribution >= 4 is 21.6 Å². The van der Waals surface area contributed by atoms with Gasteiger partial charge in [0.05, 0.1) is 5.69 Å². The van der Waals surface area contributed by atoms with Crippen LogP contribution in [-0.2, 0) is 17.1 Å². The number of nitrogens with zero attached hydrogens (tertiary/aromatic N) is 2. The summed E-state index contributed by atoms with van der Waals surface area (Å²) in [5.41, 5.74) is 3.34. The maximum Gasteiger partial charge on any atom is 0.270 e. The molecule has 1 aromatic heterocycles. The van der Waals surface area contributed by atoms with Gasteiger partial charge in [-0.15, -0.1) is 0 Å². The van der Waals surface area contributed by atoms with Crippen LogP contribution in [0.1, 0.15) is 46.6 Å². The first kappa shape index (κ1) is 19.5. The molecule has 0 spiro atoms. The summed E-state index contributed by atoms with van der Waals surface area (Å²) in [5.74, 6) is -0.103. The highest BCUT2D eigenvalue weighted by atomic mass is 32.2. The van der Waals surface area contributed by atoms with Gasteiger partial charge in [0, 0.05) is 25.8 Å². The fraction of sp³-hybridized carbons (Fsp3) is 0.450. The minimum atomic E-state index is -3.79. The van der Waals surface area contributed by atoms with E-state index in [9.17, 15) is 13.2 Å². The number of hydrogen-bond donors (Lipinski definition) is 1. The molecule has 7 heteroatoms. The number of nitrogens with one attached hydrogen (secondary N) is 1. The lowest BCUT2D eigenvalue weighted by molar-refractivity contribution is 0.0714. The number of amides is 1. The molecule has 1 aromatic carbocycles. The van der Waals surface area contributed by atoms with Crippen molar-refractivity contribution in [1.29, 1.82) is 0 Å². The predicted octanol–water partition coefficient (Wildman–Crippen LogP) is 3.38. The van der Waals surface area contributed by atoms with Gasteiger partial charge in [0.15, 0.2) is 0 Å². The van der Waals surface area contributed by atoms with Gasteiger partial charge in [-0.1, -0.05) is 12.1 Å². The second-order valence-corrected chi connectivity index (χ2v) is 8.97. The molecule has 146 valence electrons. The first-order valence-corrected chi connectivity index (χ1v) is 10.7. The van der Waals surface area contributed by atoms with Crippen molar-refractivity contribution in [3.05, 3.63) is 46.8 Å². The second kappa shape index (κ2) is 7.38. The maximum atomic E-state index is 13.0. The summed E-state index contributed by atoms with van der Waals surface area (Å²) in [6.07, 6.45) is 3.12. The van der Waals surface area contributed by atoms with Crippen LogP contribution in [0.4, 0.5) is 5.69 Å². The van der Waals surface area contributed by atoms with E-state index < -0.39 is 10.0 Å². The van der Waals surface area contributed by atoms with E-state index in [0.717, 1.165) is 43.5 Å². The number of carbonyl (C=O) groups is 1. The number of aryl methyl sites for hydroxylation is 2. The summed E-state index contributed by atoms with van der Waals surface area (Å²) in [6.45, 7) is 6.96. The van der Waals surface area contributed by atoms with Crippen molar-refractivity contribution in [3.63, 3.8) is 0 Å². The summed E-state index contributed by atoms with van der Waals surface area (Å²) in [5, 5.41) is 0. The Hall–Kier alpha value is -2.28. The molecule has 2 aromatic rings. The van der Waals surface area contributed by atoms with E-state index in [1.165, 1.54) is 6.07 Å². The molecule has 1 aliphatic rings. The lowest BCUT2D eigenvalue weighted by Crippen LogP contribution is -2.36. The molecule has 0 radical (unpaired) electrons. The molecule has 0 saturated carbocycles. The van der Waals surface area contributed by atoms with Gasteiger partial charge < -0.3 is 9.47 Å². The highest BCUT2D eigenvalue weighted by Gasteiger charge is 2.27. The number of hydrogen-bond acceptors (Lipinski definition) is 3. The monoisotopic (exact) mass is 389 g/mol. The van der Waals surface area contributed by atoms with Crippen LogP contribution in [0.5, 0.6) is 0 Å². The first-order valence-electron chi connectivity index (χ1n) is 9.26. The van der Waals surface area contributed by atoms with Gasteiger partial charge in [-0.3, -0.25) is 9.52 Å². The zero-order chi connectivity index (χ0) is 19.8. The Balaban J connectivity index is 1.94. The number of sulfonamides is 1. The molecular formula is C20H27N3O3S. The summed E-state index contributed by atoms with van der Waals surface area (Å²) in [7, 11) is -2.05. The molecule has 1 aliphatic heterocycles. The molecule has 0 unspecified atom stereocenters.